The van der Waals surface area contributed by atoms with Crippen LogP contribution in [0.3, 0.4) is 0 Å². The Hall–Kier alpha value is -1.06. The summed E-state index contributed by atoms with van der Waals surface area (Å²) in [6, 6.07) is 6.37. The van der Waals surface area contributed by atoms with Crippen LogP contribution >= 0.6 is 12.4 Å². The molecular formula is C18H29ClN2O. The van der Waals surface area contributed by atoms with E-state index < -0.39 is 0 Å². The highest BCUT2D eigenvalue weighted by Crippen LogP contribution is 2.22. The van der Waals surface area contributed by atoms with Crippen LogP contribution < -0.4 is 10.2 Å². The summed E-state index contributed by atoms with van der Waals surface area (Å²) in [6.45, 7) is 9.18. The molecule has 4 heteroatoms. The summed E-state index contributed by atoms with van der Waals surface area (Å²) in [5.41, 5.74) is 3.48. The lowest BCUT2D eigenvalue weighted by Crippen LogP contribution is -2.32. The van der Waals surface area contributed by atoms with Crippen molar-refractivity contribution in [3.05, 3.63) is 29.3 Å². The maximum Gasteiger partial charge on any atom is 0.226 e. The van der Waals surface area contributed by atoms with Crippen molar-refractivity contribution < 1.29 is 4.79 Å². The molecule has 0 unspecified atom stereocenters. The fourth-order valence-electron chi connectivity index (χ4n) is 3.24. The number of anilines is 1. The maximum atomic E-state index is 12.6. The summed E-state index contributed by atoms with van der Waals surface area (Å²) < 4.78 is 0. The normalized spacial score (nSPS) is 15.2. The first-order valence-corrected chi connectivity index (χ1v) is 8.19. The smallest absolute Gasteiger partial charge is 0.226 e. The Morgan fingerprint density at radius 3 is 2.32 bits per heavy atom. The van der Waals surface area contributed by atoms with Crippen LogP contribution in [0.1, 0.15) is 43.7 Å². The molecule has 3 nitrogen and oxygen atoms in total. The van der Waals surface area contributed by atoms with E-state index in [1.54, 1.807) is 0 Å². The molecule has 1 saturated heterocycles. The predicted molar refractivity (Wildman–Crippen MR) is 96.0 cm³/mol. The van der Waals surface area contributed by atoms with E-state index in [-0.39, 0.29) is 18.3 Å². The summed E-state index contributed by atoms with van der Waals surface area (Å²) in [7, 11) is 0. The molecule has 1 aromatic carbocycles. The fraction of sp³-hybridized carbons (Fsp3) is 0.611. The lowest BCUT2D eigenvalue weighted by Gasteiger charge is -2.25. The summed E-state index contributed by atoms with van der Waals surface area (Å²) >= 11 is 0. The van der Waals surface area contributed by atoms with E-state index in [1.165, 1.54) is 24.0 Å². The van der Waals surface area contributed by atoms with Crippen molar-refractivity contribution in [1.82, 2.24) is 5.32 Å². The van der Waals surface area contributed by atoms with Crippen LogP contribution in [0, 0.1) is 19.8 Å². The van der Waals surface area contributed by atoms with Gasteiger partial charge in [0.25, 0.3) is 0 Å². The molecule has 1 fully saturated rings. The Labute approximate surface area is 140 Å². The average Bonchev–Trinajstić information content (AvgIpc) is 2.46. The Kier molecular flexibility index (Phi) is 7.91. The van der Waals surface area contributed by atoms with Crippen molar-refractivity contribution in [3.8, 4) is 0 Å². The summed E-state index contributed by atoms with van der Waals surface area (Å²) in [5.74, 6) is 0.981. The molecule has 1 amide bonds. The molecule has 22 heavy (non-hydrogen) atoms. The van der Waals surface area contributed by atoms with Crippen molar-refractivity contribution in [2.24, 2.45) is 5.92 Å². The van der Waals surface area contributed by atoms with Gasteiger partial charge in [-0.25, -0.2) is 0 Å². The highest BCUT2D eigenvalue weighted by molar-refractivity contribution is 5.93. The zero-order valence-corrected chi connectivity index (χ0v) is 14.8. The van der Waals surface area contributed by atoms with E-state index in [4.69, 9.17) is 0 Å². The van der Waals surface area contributed by atoms with Gasteiger partial charge in [-0.15, -0.1) is 12.4 Å². The number of rotatable bonds is 5. The Bertz CT molecular complexity index is 464. The number of nitrogens with zero attached hydrogens (tertiary/aromatic N) is 1. The second-order valence-corrected chi connectivity index (χ2v) is 6.22. The SMILES string of the molecule is CCN(C(=O)CCC1CCNCC1)c1cc(C)cc(C)c1.Cl. The summed E-state index contributed by atoms with van der Waals surface area (Å²) in [4.78, 5) is 14.5. The number of hydrogen-bond acceptors (Lipinski definition) is 2. The highest BCUT2D eigenvalue weighted by Gasteiger charge is 2.18. The Morgan fingerprint density at radius 1 is 1.18 bits per heavy atom. The molecule has 1 aromatic rings. The van der Waals surface area contributed by atoms with Crippen LogP contribution in [-0.4, -0.2) is 25.5 Å². The van der Waals surface area contributed by atoms with E-state index in [9.17, 15) is 4.79 Å². The number of piperidine rings is 1. The van der Waals surface area contributed by atoms with Crippen LogP contribution in [0.5, 0.6) is 0 Å². The van der Waals surface area contributed by atoms with Gasteiger partial charge >= 0.3 is 0 Å². The molecule has 0 spiro atoms. The molecule has 1 heterocycles. The van der Waals surface area contributed by atoms with Crippen LogP contribution in [0.15, 0.2) is 18.2 Å². The van der Waals surface area contributed by atoms with Gasteiger partial charge in [0.2, 0.25) is 5.91 Å². The fourth-order valence-corrected chi connectivity index (χ4v) is 3.24. The number of hydrogen-bond donors (Lipinski definition) is 1. The third-order valence-electron chi connectivity index (χ3n) is 4.36. The highest BCUT2D eigenvalue weighted by atomic mass is 35.5. The molecule has 0 radical (unpaired) electrons. The molecular weight excluding hydrogens is 296 g/mol. The zero-order valence-electron chi connectivity index (χ0n) is 14.0. The van der Waals surface area contributed by atoms with Crippen LogP contribution in [0.4, 0.5) is 5.69 Å². The van der Waals surface area contributed by atoms with Crippen LogP contribution in [0.2, 0.25) is 0 Å². The summed E-state index contributed by atoms with van der Waals surface area (Å²) in [5, 5.41) is 3.38. The first-order valence-electron chi connectivity index (χ1n) is 8.19. The second kappa shape index (κ2) is 9.16. The number of carbonyl (C=O) groups excluding carboxylic acids is 1. The third-order valence-corrected chi connectivity index (χ3v) is 4.36. The van der Waals surface area contributed by atoms with Gasteiger partial charge in [0.05, 0.1) is 0 Å². The second-order valence-electron chi connectivity index (χ2n) is 6.22. The van der Waals surface area contributed by atoms with E-state index in [1.807, 2.05) is 4.90 Å². The number of amides is 1. The van der Waals surface area contributed by atoms with Crippen molar-refractivity contribution >= 4 is 24.0 Å². The number of nitrogens with one attached hydrogen (secondary N) is 1. The van der Waals surface area contributed by atoms with Gasteiger partial charge in [-0.2, -0.15) is 0 Å². The molecule has 1 N–H and O–H groups in total. The van der Waals surface area contributed by atoms with Gasteiger partial charge in [-0.1, -0.05) is 6.07 Å². The molecule has 0 bridgehead atoms. The number of benzene rings is 1. The predicted octanol–water partition coefficient (Wildman–Crippen LogP) is 3.86. The lowest BCUT2D eigenvalue weighted by molar-refractivity contribution is -0.118. The number of halogens is 1. The Morgan fingerprint density at radius 2 is 1.77 bits per heavy atom. The van der Waals surface area contributed by atoms with Gasteiger partial charge in [-0.05, 0) is 82.3 Å². The summed E-state index contributed by atoms with van der Waals surface area (Å²) in [6.07, 6.45) is 4.12. The standard InChI is InChI=1S/C18H28N2O.ClH/c1-4-20(17-12-14(2)11-15(3)13-17)18(21)6-5-16-7-9-19-10-8-16;/h11-13,16,19H,4-10H2,1-3H3;1H. The van der Waals surface area contributed by atoms with E-state index >= 15 is 0 Å². The molecule has 2 rings (SSSR count). The monoisotopic (exact) mass is 324 g/mol. The molecule has 124 valence electrons. The number of aryl methyl sites for hydroxylation is 2. The quantitative estimate of drug-likeness (QED) is 0.892. The zero-order chi connectivity index (χ0) is 15.2. The molecule has 1 aliphatic rings. The topological polar surface area (TPSA) is 32.3 Å². The first-order chi connectivity index (χ1) is 10.1. The van der Waals surface area contributed by atoms with E-state index in [2.05, 4.69) is 44.3 Å². The van der Waals surface area contributed by atoms with Crippen molar-refractivity contribution in [2.75, 3.05) is 24.5 Å². The van der Waals surface area contributed by atoms with Gasteiger partial charge in [0.15, 0.2) is 0 Å². The van der Waals surface area contributed by atoms with Crippen molar-refractivity contribution in [1.29, 1.82) is 0 Å². The molecule has 0 aliphatic carbocycles. The minimum absolute atomic E-state index is 0. The van der Waals surface area contributed by atoms with E-state index in [0.717, 1.165) is 31.7 Å². The van der Waals surface area contributed by atoms with Gasteiger partial charge in [0.1, 0.15) is 0 Å². The Balaban J connectivity index is 0.00000242. The lowest BCUT2D eigenvalue weighted by atomic mass is 9.93. The van der Waals surface area contributed by atoms with Gasteiger partial charge in [0, 0.05) is 18.7 Å². The van der Waals surface area contributed by atoms with Crippen molar-refractivity contribution in [2.45, 2.75) is 46.5 Å². The first kappa shape index (κ1) is 19.0. The van der Waals surface area contributed by atoms with Crippen molar-refractivity contribution in [3.63, 3.8) is 0 Å². The van der Waals surface area contributed by atoms with Crippen LogP contribution in [0.25, 0.3) is 0 Å². The molecule has 0 saturated carbocycles. The van der Waals surface area contributed by atoms with Crippen LogP contribution in [-0.2, 0) is 4.79 Å². The minimum Gasteiger partial charge on any atom is -0.317 e. The maximum absolute atomic E-state index is 12.6. The average molecular weight is 325 g/mol. The minimum atomic E-state index is 0. The molecule has 1 aliphatic heterocycles. The number of carbonyl (C=O) groups is 1. The largest absolute Gasteiger partial charge is 0.317 e. The van der Waals surface area contributed by atoms with Gasteiger partial charge < -0.3 is 10.2 Å². The van der Waals surface area contributed by atoms with Gasteiger partial charge in [-0.3, -0.25) is 4.79 Å². The third kappa shape index (κ3) is 5.29. The van der Waals surface area contributed by atoms with E-state index in [0.29, 0.717) is 12.3 Å². The molecule has 0 aromatic heterocycles. The molecule has 0 atom stereocenters.